The SMILES string of the molecule is CCN(C(=O)c1cc(Br)ccc1N)c1cccc(F)c1. The lowest BCUT2D eigenvalue weighted by Gasteiger charge is -2.22. The van der Waals surface area contributed by atoms with E-state index in [1.807, 2.05) is 6.92 Å². The molecule has 2 aromatic carbocycles. The van der Waals surface area contributed by atoms with Gasteiger partial charge in [-0.2, -0.15) is 0 Å². The molecule has 0 saturated heterocycles. The highest BCUT2D eigenvalue weighted by atomic mass is 79.9. The number of nitrogens with zero attached hydrogens (tertiary/aromatic N) is 1. The Morgan fingerprint density at radius 1 is 1.30 bits per heavy atom. The van der Waals surface area contributed by atoms with Crippen molar-refractivity contribution in [3.63, 3.8) is 0 Å². The van der Waals surface area contributed by atoms with E-state index in [4.69, 9.17) is 5.73 Å². The fraction of sp³-hybridized carbons (Fsp3) is 0.133. The number of nitrogens with two attached hydrogens (primary N) is 1. The van der Waals surface area contributed by atoms with Crippen LogP contribution in [0.1, 0.15) is 17.3 Å². The molecule has 0 radical (unpaired) electrons. The zero-order chi connectivity index (χ0) is 14.7. The first-order valence-electron chi connectivity index (χ1n) is 6.15. The van der Waals surface area contributed by atoms with Crippen molar-refractivity contribution in [1.29, 1.82) is 0 Å². The van der Waals surface area contributed by atoms with Gasteiger partial charge in [0.25, 0.3) is 5.91 Å². The summed E-state index contributed by atoms with van der Waals surface area (Å²) in [6, 6.07) is 11.0. The average Bonchev–Trinajstić information content (AvgIpc) is 2.42. The number of hydrogen-bond acceptors (Lipinski definition) is 2. The number of carbonyl (C=O) groups is 1. The molecule has 0 bridgehead atoms. The second-order valence-electron chi connectivity index (χ2n) is 4.26. The number of hydrogen-bond donors (Lipinski definition) is 1. The van der Waals surface area contributed by atoms with Gasteiger partial charge in [-0.3, -0.25) is 4.79 Å². The lowest BCUT2D eigenvalue weighted by atomic mass is 10.1. The van der Waals surface area contributed by atoms with E-state index in [9.17, 15) is 9.18 Å². The molecule has 20 heavy (non-hydrogen) atoms. The summed E-state index contributed by atoms with van der Waals surface area (Å²) in [7, 11) is 0. The Morgan fingerprint density at radius 2 is 2.05 bits per heavy atom. The van der Waals surface area contributed by atoms with Crippen LogP contribution in [0.15, 0.2) is 46.9 Å². The molecule has 0 aromatic heterocycles. The van der Waals surface area contributed by atoms with Gasteiger partial charge in [0, 0.05) is 22.4 Å². The Bertz CT molecular complexity index is 646. The third-order valence-electron chi connectivity index (χ3n) is 2.93. The van der Waals surface area contributed by atoms with Crippen LogP contribution in [-0.4, -0.2) is 12.5 Å². The minimum atomic E-state index is -0.379. The summed E-state index contributed by atoms with van der Waals surface area (Å²) in [5.41, 5.74) is 7.15. The summed E-state index contributed by atoms with van der Waals surface area (Å²) in [5, 5.41) is 0. The molecule has 0 aliphatic carbocycles. The molecule has 2 N–H and O–H groups in total. The van der Waals surface area contributed by atoms with Crippen molar-refractivity contribution in [2.45, 2.75) is 6.92 Å². The predicted octanol–water partition coefficient (Wildman–Crippen LogP) is 3.84. The van der Waals surface area contributed by atoms with Crippen molar-refractivity contribution >= 4 is 33.2 Å². The lowest BCUT2D eigenvalue weighted by molar-refractivity contribution is 0.0989. The summed E-state index contributed by atoms with van der Waals surface area (Å²) in [6.07, 6.45) is 0. The van der Waals surface area contributed by atoms with Crippen LogP contribution in [-0.2, 0) is 0 Å². The minimum Gasteiger partial charge on any atom is -0.398 e. The van der Waals surface area contributed by atoms with Gasteiger partial charge in [0.05, 0.1) is 5.56 Å². The largest absolute Gasteiger partial charge is 0.398 e. The molecular formula is C15H14BrFN2O. The first-order valence-corrected chi connectivity index (χ1v) is 6.94. The molecule has 0 spiro atoms. The van der Waals surface area contributed by atoms with Crippen molar-refractivity contribution in [1.82, 2.24) is 0 Å². The number of benzene rings is 2. The first kappa shape index (κ1) is 14.5. The summed E-state index contributed by atoms with van der Waals surface area (Å²) in [4.78, 5) is 14.1. The minimum absolute atomic E-state index is 0.253. The Kier molecular flexibility index (Phi) is 4.39. The van der Waals surface area contributed by atoms with Crippen LogP contribution in [0.25, 0.3) is 0 Å². The number of nitrogen functional groups attached to an aromatic ring is 1. The molecular weight excluding hydrogens is 323 g/mol. The highest BCUT2D eigenvalue weighted by Gasteiger charge is 2.19. The fourth-order valence-electron chi connectivity index (χ4n) is 1.95. The Hall–Kier alpha value is -1.88. The molecule has 5 heteroatoms. The number of anilines is 2. The molecule has 0 heterocycles. The molecule has 0 unspecified atom stereocenters. The van der Waals surface area contributed by atoms with E-state index in [0.29, 0.717) is 23.5 Å². The zero-order valence-corrected chi connectivity index (χ0v) is 12.5. The third kappa shape index (κ3) is 2.99. The van der Waals surface area contributed by atoms with E-state index in [-0.39, 0.29) is 11.7 Å². The van der Waals surface area contributed by atoms with Gasteiger partial charge in [-0.15, -0.1) is 0 Å². The number of amides is 1. The van der Waals surface area contributed by atoms with Gasteiger partial charge in [-0.1, -0.05) is 22.0 Å². The molecule has 2 aromatic rings. The van der Waals surface area contributed by atoms with E-state index in [1.165, 1.54) is 17.0 Å². The molecule has 0 saturated carbocycles. The first-order chi connectivity index (χ1) is 9.52. The maximum absolute atomic E-state index is 13.3. The van der Waals surface area contributed by atoms with Crippen LogP contribution in [0, 0.1) is 5.82 Å². The lowest BCUT2D eigenvalue weighted by Crippen LogP contribution is -2.31. The van der Waals surface area contributed by atoms with Crippen molar-refractivity contribution in [3.05, 3.63) is 58.3 Å². The average molecular weight is 337 g/mol. The van der Waals surface area contributed by atoms with Crippen molar-refractivity contribution < 1.29 is 9.18 Å². The third-order valence-corrected chi connectivity index (χ3v) is 3.42. The standard InChI is InChI=1S/C15H14BrFN2O/c1-2-19(12-5-3-4-11(17)9-12)15(20)13-8-10(16)6-7-14(13)18/h3-9H,2,18H2,1H3. The van der Waals surface area contributed by atoms with Gasteiger partial charge in [0.2, 0.25) is 0 Å². The summed E-state index contributed by atoms with van der Waals surface area (Å²) >= 11 is 3.32. The topological polar surface area (TPSA) is 46.3 Å². The molecule has 0 aliphatic rings. The quantitative estimate of drug-likeness (QED) is 0.865. The predicted molar refractivity (Wildman–Crippen MR) is 82.3 cm³/mol. The molecule has 2 rings (SSSR count). The summed E-state index contributed by atoms with van der Waals surface area (Å²) in [5.74, 6) is -0.632. The van der Waals surface area contributed by atoms with Crippen LogP contribution in [0.3, 0.4) is 0 Å². The molecule has 0 atom stereocenters. The van der Waals surface area contributed by atoms with Crippen LogP contribution >= 0.6 is 15.9 Å². The highest BCUT2D eigenvalue weighted by molar-refractivity contribution is 9.10. The van der Waals surface area contributed by atoms with E-state index in [1.54, 1.807) is 30.3 Å². The van der Waals surface area contributed by atoms with Gasteiger partial charge in [0.1, 0.15) is 5.82 Å². The Balaban J connectivity index is 2.41. The van der Waals surface area contributed by atoms with E-state index in [0.717, 1.165) is 4.47 Å². The summed E-state index contributed by atoms with van der Waals surface area (Å²) in [6.45, 7) is 2.26. The zero-order valence-electron chi connectivity index (χ0n) is 10.9. The number of rotatable bonds is 3. The normalized spacial score (nSPS) is 10.3. The highest BCUT2D eigenvalue weighted by Crippen LogP contribution is 2.23. The molecule has 3 nitrogen and oxygen atoms in total. The monoisotopic (exact) mass is 336 g/mol. The smallest absolute Gasteiger partial charge is 0.260 e. The molecule has 0 fully saturated rings. The second-order valence-corrected chi connectivity index (χ2v) is 5.18. The van der Waals surface area contributed by atoms with Crippen LogP contribution in [0.5, 0.6) is 0 Å². The molecule has 104 valence electrons. The second kappa shape index (κ2) is 6.05. The molecule has 1 amide bonds. The van der Waals surface area contributed by atoms with Gasteiger partial charge in [0.15, 0.2) is 0 Å². The van der Waals surface area contributed by atoms with Gasteiger partial charge in [-0.25, -0.2) is 4.39 Å². The van der Waals surface area contributed by atoms with Crippen LogP contribution < -0.4 is 10.6 Å². The van der Waals surface area contributed by atoms with Crippen molar-refractivity contribution in [3.8, 4) is 0 Å². The van der Waals surface area contributed by atoms with Gasteiger partial charge >= 0.3 is 0 Å². The summed E-state index contributed by atoms with van der Waals surface area (Å²) < 4.78 is 14.1. The fourth-order valence-corrected chi connectivity index (χ4v) is 2.31. The maximum atomic E-state index is 13.3. The number of halogens is 2. The van der Waals surface area contributed by atoms with E-state index in [2.05, 4.69) is 15.9 Å². The Morgan fingerprint density at radius 3 is 2.70 bits per heavy atom. The van der Waals surface area contributed by atoms with Crippen molar-refractivity contribution in [2.24, 2.45) is 0 Å². The van der Waals surface area contributed by atoms with Crippen LogP contribution in [0.2, 0.25) is 0 Å². The van der Waals surface area contributed by atoms with Crippen LogP contribution in [0.4, 0.5) is 15.8 Å². The van der Waals surface area contributed by atoms with Gasteiger partial charge in [-0.05, 0) is 43.3 Å². The molecule has 0 aliphatic heterocycles. The van der Waals surface area contributed by atoms with Crippen molar-refractivity contribution in [2.75, 3.05) is 17.2 Å². The maximum Gasteiger partial charge on any atom is 0.260 e. The van der Waals surface area contributed by atoms with Gasteiger partial charge < -0.3 is 10.6 Å². The number of carbonyl (C=O) groups excluding carboxylic acids is 1. The Labute approximate surface area is 125 Å². The van der Waals surface area contributed by atoms with E-state index >= 15 is 0 Å². The van der Waals surface area contributed by atoms with E-state index < -0.39 is 0 Å².